The topological polar surface area (TPSA) is 76.0 Å². The molecule has 0 radical (unpaired) electrons. The summed E-state index contributed by atoms with van der Waals surface area (Å²) in [6, 6.07) is 0. The average molecular weight is 295 g/mol. The number of carboxylic acids is 1. The largest absolute Gasteiger partial charge is 0.476 e. The maximum atomic E-state index is 11.3. The molecule has 7 heteroatoms. The quantitative estimate of drug-likeness (QED) is 0.933. The van der Waals surface area contributed by atoms with Crippen LogP contribution in [0.2, 0.25) is 0 Å². The summed E-state index contributed by atoms with van der Waals surface area (Å²) in [6.45, 7) is 5.76. The SMILES string of the molecule is Cc1csc(Sc2cnc(C(C)C)nc2C(=O)O)n1. The lowest BCUT2D eigenvalue weighted by molar-refractivity contribution is 0.0685. The minimum atomic E-state index is -1.04. The van der Waals surface area contributed by atoms with Crippen LogP contribution in [0.3, 0.4) is 0 Å². The van der Waals surface area contributed by atoms with Gasteiger partial charge in [0.05, 0.1) is 4.90 Å². The lowest BCUT2D eigenvalue weighted by atomic mass is 10.2. The van der Waals surface area contributed by atoms with E-state index < -0.39 is 5.97 Å². The molecule has 5 nitrogen and oxygen atoms in total. The summed E-state index contributed by atoms with van der Waals surface area (Å²) >= 11 is 2.76. The predicted molar refractivity (Wildman–Crippen MR) is 74.1 cm³/mol. The van der Waals surface area contributed by atoms with Crippen LogP contribution in [0.1, 0.15) is 41.8 Å². The van der Waals surface area contributed by atoms with Gasteiger partial charge in [0.15, 0.2) is 10.0 Å². The van der Waals surface area contributed by atoms with E-state index in [2.05, 4.69) is 15.0 Å². The Morgan fingerprint density at radius 3 is 2.68 bits per heavy atom. The summed E-state index contributed by atoms with van der Waals surface area (Å²) in [5.41, 5.74) is 0.959. The van der Waals surface area contributed by atoms with Crippen molar-refractivity contribution in [1.29, 1.82) is 0 Å². The van der Waals surface area contributed by atoms with Crippen molar-refractivity contribution in [3.63, 3.8) is 0 Å². The summed E-state index contributed by atoms with van der Waals surface area (Å²) < 4.78 is 0.792. The highest BCUT2D eigenvalue weighted by Crippen LogP contribution is 2.32. The van der Waals surface area contributed by atoms with Crippen molar-refractivity contribution in [3.8, 4) is 0 Å². The van der Waals surface area contributed by atoms with Gasteiger partial charge < -0.3 is 5.11 Å². The van der Waals surface area contributed by atoms with Crippen molar-refractivity contribution in [1.82, 2.24) is 15.0 Å². The second-order valence-corrected chi connectivity index (χ2v) is 6.40. The maximum Gasteiger partial charge on any atom is 0.355 e. The van der Waals surface area contributed by atoms with Gasteiger partial charge in [0.25, 0.3) is 0 Å². The number of aromatic nitrogens is 3. The van der Waals surface area contributed by atoms with E-state index in [1.165, 1.54) is 23.1 Å². The molecule has 0 fully saturated rings. The average Bonchev–Trinajstić information content (AvgIpc) is 2.74. The van der Waals surface area contributed by atoms with Crippen LogP contribution in [-0.4, -0.2) is 26.0 Å². The smallest absolute Gasteiger partial charge is 0.355 e. The van der Waals surface area contributed by atoms with Gasteiger partial charge >= 0.3 is 5.97 Å². The Balaban J connectivity index is 2.36. The standard InChI is InChI=1S/C12H13N3O2S2/c1-6(2)10-13-4-8(9(15-10)11(16)17)19-12-14-7(3)5-18-12/h4-6H,1-3H3,(H,16,17). The molecular formula is C12H13N3O2S2. The number of aryl methyl sites for hydroxylation is 1. The van der Waals surface area contributed by atoms with E-state index in [1.54, 1.807) is 6.20 Å². The molecule has 2 aromatic rings. The van der Waals surface area contributed by atoms with Gasteiger partial charge in [-0.3, -0.25) is 0 Å². The Labute approximate surface area is 119 Å². The van der Waals surface area contributed by atoms with Gasteiger partial charge in [0, 0.05) is 23.2 Å². The Morgan fingerprint density at radius 1 is 1.42 bits per heavy atom. The molecule has 0 aromatic carbocycles. The highest BCUT2D eigenvalue weighted by atomic mass is 32.2. The van der Waals surface area contributed by atoms with Gasteiger partial charge in [0.2, 0.25) is 0 Å². The third kappa shape index (κ3) is 3.30. The number of aromatic carboxylic acids is 1. The number of hydrogen-bond acceptors (Lipinski definition) is 6. The van der Waals surface area contributed by atoms with Crippen LogP contribution in [-0.2, 0) is 0 Å². The third-order valence-corrected chi connectivity index (χ3v) is 4.36. The van der Waals surface area contributed by atoms with Gasteiger partial charge in [-0.05, 0) is 6.92 Å². The molecule has 19 heavy (non-hydrogen) atoms. The third-order valence-electron chi connectivity index (χ3n) is 2.29. The summed E-state index contributed by atoms with van der Waals surface area (Å²) in [5.74, 6) is -0.406. The Morgan fingerprint density at radius 2 is 2.16 bits per heavy atom. The van der Waals surface area contributed by atoms with E-state index in [9.17, 15) is 9.90 Å². The summed E-state index contributed by atoms with van der Waals surface area (Å²) in [7, 11) is 0. The number of carbonyl (C=O) groups is 1. The Kier molecular flexibility index (Phi) is 4.16. The highest BCUT2D eigenvalue weighted by Gasteiger charge is 2.17. The molecule has 0 atom stereocenters. The van der Waals surface area contributed by atoms with E-state index in [-0.39, 0.29) is 11.6 Å². The van der Waals surface area contributed by atoms with Crippen LogP contribution in [0.5, 0.6) is 0 Å². The number of carboxylic acid groups (broad SMARTS) is 1. The van der Waals surface area contributed by atoms with Crippen LogP contribution in [0.15, 0.2) is 20.8 Å². The van der Waals surface area contributed by atoms with E-state index in [1.807, 2.05) is 26.2 Å². The summed E-state index contributed by atoms with van der Waals surface area (Å²) in [4.78, 5) is 24.4. The van der Waals surface area contributed by atoms with Gasteiger partial charge in [-0.2, -0.15) is 0 Å². The fraction of sp³-hybridized carbons (Fsp3) is 0.333. The lowest BCUT2D eigenvalue weighted by Gasteiger charge is -2.07. The molecule has 0 spiro atoms. The summed E-state index contributed by atoms with van der Waals surface area (Å²) in [6.07, 6.45) is 1.56. The highest BCUT2D eigenvalue weighted by molar-refractivity contribution is 8.01. The van der Waals surface area contributed by atoms with Crippen LogP contribution in [0.25, 0.3) is 0 Å². The monoisotopic (exact) mass is 295 g/mol. The van der Waals surface area contributed by atoms with Gasteiger partial charge in [0.1, 0.15) is 5.82 Å². The van der Waals surface area contributed by atoms with Crippen molar-refractivity contribution in [2.45, 2.75) is 35.9 Å². The lowest BCUT2D eigenvalue weighted by Crippen LogP contribution is -2.08. The van der Waals surface area contributed by atoms with Crippen molar-refractivity contribution < 1.29 is 9.90 Å². The molecule has 0 bridgehead atoms. The van der Waals surface area contributed by atoms with Crippen LogP contribution < -0.4 is 0 Å². The van der Waals surface area contributed by atoms with Crippen molar-refractivity contribution in [2.75, 3.05) is 0 Å². The Hall–Kier alpha value is -1.47. The minimum absolute atomic E-state index is 0.0385. The fourth-order valence-corrected chi connectivity index (χ4v) is 3.20. The number of rotatable bonds is 4. The van der Waals surface area contributed by atoms with E-state index in [0.29, 0.717) is 10.7 Å². The van der Waals surface area contributed by atoms with Crippen LogP contribution in [0, 0.1) is 6.92 Å². The van der Waals surface area contributed by atoms with Crippen LogP contribution >= 0.6 is 23.1 Å². The number of hydrogen-bond donors (Lipinski definition) is 1. The van der Waals surface area contributed by atoms with E-state index in [0.717, 1.165) is 10.0 Å². The van der Waals surface area contributed by atoms with Gasteiger partial charge in [-0.25, -0.2) is 19.7 Å². The van der Waals surface area contributed by atoms with E-state index >= 15 is 0 Å². The predicted octanol–water partition coefficient (Wildman–Crippen LogP) is 3.21. The molecule has 0 saturated heterocycles. The molecule has 2 aromatic heterocycles. The molecule has 100 valence electrons. The molecule has 0 saturated carbocycles. The first-order valence-electron chi connectivity index (χ1n) is 5.67. The van der Waals surface area contributed by atoms with Crippen LogP contribution in [0.4, 0.5) is 0 Å². The molecule has 0 aliphatic carbocycles. The maximum absolute atomic E-state index is 11.3. The molecule has 0 aliphatic rings. The molecule has 0 unspecified atom stereocenters. The fourth-order valence-electron chi connectivity index (χ4n) is 1.36. The number of nitrogens with zero attached hydrogens (tertiary/aromatic N) is 3. The molecule has 0 amide bonds. The summed E-state index contributed by atoms with van der Waals surface area (Å²) in [5, 5.41) is 11.2. The molecule has 0 aliphatic heterocycles. The van der Waals surface area contributed by atoms with Gasteiger partial charge in [-0.1, -0.05) is 25.6 Å². The second kappa shape index (κ2) is 5.66. The van der Waals surface area contributed by atoms with Crippen molar-refractivity contribution in [3.05, 3.63) is 28.8 Å². The first-order valence-corrected chi connectivity index (χ1v) is 7.37. The Bertz CT molecular complexity index is 611. The second-order valence-electron chi connectivity index (χ2n) is 4.26. The zero-order chi connectivity index (χ0) is 14.0. The zero-order valence-electron chi connectivity index (χ0n) is 10.7. The van der Waals surface area contributed by atoms with Crippen molar-refractivity contribution >= 4 is 29.1 Å². The molecular weight excluding hydrogens is 282 g/mol. The molecule has 1 N–H and O–H groups in total. The number of thiazole rings is 1. The molecule has 2 heterocycles. The zero-order valence-corrected chi connectivity index (χ0v) is 12.4. The van der Waals surface area contributed by atoms with E-state index in [4.69, 9.17) is 0 Å². The van der Waals surface area contributed by atoms with Crippen molar-refractivity contribution in [2.24, 2.45) is 0 Å². The normalized spacial score (nSPS) is 10.9. The molecule has 2 rings (SSSR count). The minimum Gasteiger partial charge on any atom is -0.476 e. The first-order chi connectivity index (χ1) is 8.97. The van der Waals surface area contributed by atoms with Gasteiger partial charge in [-0.15, -0.1) is 11.3 Å². The first kappa shape index (κ1) is 14.0.